The molecule has 0 aliphatic rings. The summed E-state index contributed by atoms with van der Waals surface area (Å²) in [7, 11) is 0. The molecule has 0 unspecified atom stereocenters. The summed E-state index contributed by atoms with van der Waals surface area (Å²) >= 11 is 0. The van der Waals surface area contributed by atoms with Gasteiger partial charge in [0.1, 0.15) is 10.2 Å². The Balaban J connectivity index is 2.50. The first-order chi connectivity index (χ1) is 5.77. The maximum absolute atomic E-state index is 10.7. The van der Waals surface area contributed by atoms with E-state index in [1.807, 2.05) is 0 Å². The van der Waals surface area contributed by atoms with Crippen molar-refractivity contribution in [3.63, 3.8) is 0 Å². The third-order valence-corrected chi connectivity index (χ3v) is 1.05. The van der Waals surface area contributed by atoms with E-state index in [0.717, 1.165) is 6.20 Å². The van der Waals surface area contributed by atoms with Crippen LogP contribution >= 0.6 is 0 Å². The summed E-state index contributed by atoms with van der Waals surface area (Å²) in [5, 5.41) is 30.5. The van der Waals surface area contributed by atoms with Gasteiger partial charge in [0.2, 0.25) is 12.3 Å². The van der Waals surface area contributed by atoms with Gasteiger partial charge in [-0.05, 0) is 0 Å². The fourth-order valence-corrected chi connectivity index (χ4v) is 0.608. The van der Waals surface area contributed by atoms with Gasteiger partial charge in [0.15, 0.2) is 4.80 Å². The van der Waals surface area contributed by atoms with Gasteiger partial charge in [0.05, 0.1) is 5.10 Å². The van der Waals surface area contributed by atoms with Crippen LogP contribution in [0, 0.1) is 5.21 Å². The molecule has 0 saturated carbocycles. The van der Waals surface area contributed by atoms with E-state index in [9.17, 15) is 10.3 Å². The molecule has 12 heavy (non-hydrogen) atoms. The van der Waals surface area contributed by atoms with Crippen LogP contribution < -0.4 is 14.8 Å². The first kappa shape index (κ1) is 6.52. The molecule has 2 aromatic heterocycles. The van der Waals surface area contributed by atoms with Crippen LogP contribution in [0.4, 0.5) is 0 Å². The van der Waals surface area contributed by atoms with Crippen LogP contribution in [0.5, 0.6) is 6.08 Å². The Bertz CT molecular complexity index is 393. The molecular formula is C3HN5O4. The molecule has 0 aliphatic heterocycles. The number of nitrogens with zero attached hydrogens (tertiary/aromatic N) is 5. The number of hydrogen-bond acceptors (Lipinski definition) is 7. The fourth-order valence-electron chi connectivity index (χ4n) is 0.608. The van der Waals surface area contributed by atoms with Crippen molar-refractivity contribution in [2.45, 2.75) is 0 Å². The van der Waals surface area contributed by atoms with Crippen LogP contribution in [0.3, 0.4) is 0 Å². The van der Waals surface area contributed by atoms with E-state index in [2.05, 4.69) is 24.7 Å². The summed E-state index contributed by atoms with van der Waals surface area (Å²) in [6.07, 6.45) is 0.137. The molecule has 62 valence electrons. The van der Waals surface area contributed by atoms with Crippen LogP contribution in [0.1, 0.15) is 0 Å². The third-order valence-electron chi connectivity index (χ3n) is 1.05. The van der Waals surface area contributed by atoms with Gasteiger partial charge >= 0.3 is 5.82 Å². The molecule has 0 N–H and O–H groups in total. The molecular weight excluding hydrogens is 170 g/mol. The molecule has 9 nitrogen and oxygen atoms in total. The molecule has 0 saturated heterocycles. The molecule has 0 radical (unpaired) electrons. The van der Waals surface area contributed by atoms with Crippen molar-refractivity contribution < 1.29 is 24.0 Å². The van der Waals surface area contributed by atoms with Crippen molar-refractivity contribution in [2.24, 2.45) is 0 Å². The van der Waals surface area contributed by atoms with Crippen molar-refractivity contribution >= 4 is 0 Å². The highest BCUT2D eigenvalue weighted by molar-refractivity contribution is 4.87. The zero-order valence-electron chi connectivity index (χ0n) is 5.45. The molecule has 2 rings (SSSR count). The van der Waals surface area contributed by atoms with E-state index in [-0.39, 0.29) is 10.7 Å². The minimum Gasteiger partial charge on any atom is -0.523 e. The Kier molecular flexibility index (Phi) is 1.17. The average Bonchev–Trinajstić information content (AvgIpc) is 2.58. The maximum atomic E-state index is 10.7. The average molecular weight is 171 g/mol. The fraction of sp³-hybridized carbons (Fsp3) is 0. The summed E-state index contributed by atoms with van der Waals surface area (Å²) in [6, 6.07) is 0. The minimum absolute atomic E-state index is 0.0367. The second kappa shape index (κ2) is 2.15. The summed E-state index contributed by atoms with van der Waals surface area (Å²) in [4.78, 5) is 0.709. The zero-order valence-corrected chi connectivity index (χ0v) is 5.45. The second-order valence-electron chi connectivity index (χ2n) is 1.76. The molecule has 0 fully saturated rings. The van der Waals surface area contributed by atoms with Gasteiger partial charge in [-0.25, -0.2) is 0 Å². The number of hydrogen-bond donors (Lipinski definition) is 0. The summed E-state index contributed by atoms with van der Waals surface area (Å²) in [5.41, 5.74) is 0. The van der Waals surface area contributed by atoms with E-state index >= 15 is 0 Å². The quantitative estimate of drug-likeness (QED) is 0.332. The lowest BCUT2D eigenvalue weighted by Crippen LogP contribution is -2.47. The van der Waals surface area contributed by atoms with Crippen molar-refractivity contribution in [1.82, 2.24) is 15.5 Å². The lowest BCUT2D eigenvalue weighted by atomic mass is 10.8. The van der Waals surface area contributed by atoms with Gasteiger partial charge in [0.25, 0.3) is 0 Å². The van der Waals surface area contributed by atoms with E-state index in [4.69, 9.17) is 0 Å². The topological polar surface area (TPSA) is 119 Å². The summed E-state index contributed by atoms with van der Waals surface area (Å²) in [6.45, 7) is 0. The maximum Gasteiger partial charge on any atom is 0.578 e. The van der Waals surface area contributed by atoms with Crippen molar-refractivity contribution in [3.05, 3.63) is 11.4 Å². The number of aromatic nitrogens is 5. The Hall–Kier alpha value is -2.19. The highest BCUT2D eigenvalue weighted by Crippen LogP contribution is 1.89. The minimum atomic E-state index is -0.906. The van der Waals surface area contributed by atoms with E-state index in [1.165, 1.54) is 0 Å². The smallest absolute Gasteiger partial charge is 0.523 e. The number of rotatable bonds is 1. The van der Waals surface area contributed by atoms with Crippen LogP contribution in [-0.4, -0.2) is 15.5 Å². The highest BCUT2D eigenvalue weighted by atomic mass is 16.8. The van der Waals surface area contributed by atoms with E-state index < -0.39 is 6.08 Å². The summed E-state index contributed by atoms with van der Waals surface area (Å²) in [5.74, 6) is -0.152. The molecule has 0 amide bonds. The molecule has 9 heteroatoms. The SMILES string of the molecule is [O-]c1n[n+](-c2cno[n+]2[O-])no1. The molecule has 0 spiro atoms. The van der Waals surface area contributed by atoms with Crippen LogP contribution in [0.15, 0.2) is 15.3 Å². The van der Waals surface area contributed by atoms with Gasteiger partial charge in [0, 0.05) is 0 Å². The Morgan fingerprint density at radius 1 is 1.50 bits per heavy atom. The Morgan fingerprint density at radius 2 is 2.33 bits per heavy atom. The van der Waals surface area contributed by atoms with Gasteiger partial charge in [-0.15, -0.1) is 5.16 Å². The first-order valence-corrected chi connectivity index (χ1v) is 2.76. The summed E-state index contributed by atoms with van der Waals surface area (Å²) < 4.78 is 8.16. The van der Waals surface area contributed by atoms with Gasteiger partial charge < -0.3 is 9.63 Å². The van der Waals surface area contributed by atoms with E-state index in [1.54, 1.807) is 0 Å². The normalized spacial score (nSPS) is 10.3. The lowest BCUT2D eigenvalue weighted by Gasteiger charge is -1.73. The van der Waals surface area contributed by atoms with Gasteiger partial charge in [-0.1, -0.05) is 0 Å². The van der Waals surface area contributed by atoms with Crippen molar-refractivity contribution in [1.29, 1.82) is 0 Å². The molecule has 2 heterocycles. The molecule has 0 aromatic carbocycles. The Labute approximate surface area is 63.9 Å². The van der Waals surface area contributed by atoms with Crippen LogP contribution in [0.2, 0.25) is 0 Å². The Morgan fingerprint density at radius 3 is 2.83 bits per heavy atom. The van der Waals surface area contributed by atoms with Crippen molar-refractivity contribution in [2.75, 3.05) is 0 Å². The molecule has 0 bridgehead atoms. The third kappa shape index (κ3) is 0.836. The first-order valence-electron chi connectivity index (χ1n) is 2.76. The largest absolute Gasteiger partial charge is 0.578 e. The van der Waals surface area contributed by atoms with Gasteiger partial charge in [-0.2, -0.15) is 0 Å². The lowest BCUT2D eigenvalue weighted by molar-refractivity contribution is -0.891. The van der Waals surface area contributed by atoms with Crippen molar-refractivity contribution in [3.8, 4) is 11.9 Å². The van der Waals surface area contributed by atoms with Gasteiger partial charge in [-0.3, -0.25) is 9.84 Å². The molecule has 2 aromatic rings. The second-order valence-corrected chi connectivity index (χ2v) is 1.76. The zero-order chi connectivity index (χ0) is 8.55. The van der Waals surface area contributed by atoms with Crippen LogP contribution in [0.25, 0.3) is 5.82 Å². The highest BCUT2D eigenvalue weighted by Gasteiger charge is 2.26. The molecule has 0 atom stereocenters. The molecule has 0 aliphatic carbocycles. The van der Waals surface area contributed by atoms with E-state index in [0.29, 0.717) is 4.80 Å². The monoisotopic (exact) mass is 171 g/mol. The standard InChI is InChI=1S/C3HN5O4/c9-3-5-7(6-11-3)2-1-4-12-8(2)10/h1H. The predicted molar refractivity (Wildman–Crippen MR) is 24.3 cm³/mol. The van der Waals surface area contributed by atoms with Crippen LogP contribution in [-0.2, 0) is 0 Å². The predicted octanol–water partition coefficient (Wildman–Crippen LogP) is -2.96.